The fourth-order valence-corrected chi connectivity index (χ4v) is 2.55. The number of guanidine groups is 1. The maximum atomic E-state index is 11.7. The van der Waals surface area contributed by atoms with Gasteiger partial charge in [0.15, 0.2) is 5.96 Å². The molecule has 3 N–H and O–H groups in total. The Morgan fingerprint density at radius 1 is 1.32 bits per heavy atom. The topological polar surface area (TPSA) is 83.0 Å². The van der Waals surface area contributed by atoms with Crippen molar-refractivity contribution >= 4 is 11.9 Å². The van der Waals surface area contributed by atoms with Crippen LogP contribution in [0.15, 0.2) is 4.99 Å². The molecule has 1 rings (SSSR count). The summed E-state index contributed by atoms with van der Waals surface area (Å²) < 4.78 is 5.09. The van der Waals surface area contributed by atoms with Gasteiger partial charge in [-0.2, -0.15) is 0 Å². The van der Waals surface area contributed by atoms with Crippen molar-refractivity contribution < 1.29 is 14.6 Å². The van der Waals surface area contributed by atoms with E-state index in [-0.39, 0.29) is 24.4 Å². The van der Waals surface area contributed by atoms with Crippen molar-refractivity contribution in [3.8, 4) is 0 Å². The lowest BCUT2D eigenvalue weighted by Gasteiger charge is -2.29. The van der Waals surface area contributed by atoms with Crippen molar-refractivity contribution in [2.24, 2.45) is 16.8 Å². The highest BCUT2D eigenvalue weighted by molar-refractivity contribution is 5.80. The Kier molecular flexibility index (Phi) is 8.89. The van der Waals surface area contributed by atoms with Crippen LogP contribution < -0.4 is 10.6 Å². The smallest absolute Gasteiger partial charge is 0.308 e. The van der Waals surface area contributed by atoms with Crippen LogP contribution in [-0.4, -0.2) is 49.4 Å². The third-order valence-corrected chi connectivity index (χ3v) is 3.90. The van der Waals surface area contributed by atoms with E-state index in [2.05, 4.69) is 15.6 Å². The van der Waals surface area contributed by atoms with Gasteiger partial charge in [-0.1, -0.05) is 6.92 Å². The second-order valence-corrected chi connectivity index (χ2v) is 5.95. The summed E-state index contributed by atoms with van der Waals surface area (Å²) in [5, 5.41) is 15.7. The van der Waals surface area contributed by atoms with Crippen LogP contribution in [0.1, 0.15) is 46.5 Å². The molecular formula is C16H31N3O3. The highest BCUT2D eigenvalue weighted by Gasteiger charge is 2.27. The quantitative estimate of drug-likeness (QED) is 0.375. The molecule has 0 aromatic rings. The average molecular weight is 313 g/mol. The van der Waals surface area contributed by atoms with Gasteiger partial charge in [-0.25, -0.2) is 0 Å². The number of aliphatic imine (C=N–C) groups is 1. The summed E-state index contributed by atoms with van der Waals surface area (Å²) in [5.74, 6) is 0.947. The lowest BCUT2D eigenvalue weighted by atomic mass is 9.86. The summed E-state index contributed by atoms with van der Waals surface area (Å²) in [6, 6.07) is 0.341. The van der Waals surface area contributed by atoms with Gasteiger partial charge in [0, 0.05) is 25.7 Å². The highest BCUT2D eigenvalue weighted by atomic mass is 16.5. The van der Waals surface area contributed by atoms with E-state index in [1.165, 1.54) is 0 Å². The number of aliphatic hydroxyl groups excluding tert-OH is 1. The van der Waals surface area contributed by atoms with Gasteiger partial charge in [-0.05, 0) is 45.4 Å². The van der Waals surface area contributed by atoms with Crippen molar-refractivity contribution in [1.82, 2.24) is 10.6 Å². The first-order chi connectivity index (χ1) is 10.6. The SMILES string of the molecule is CCNC(=NCC(C)CO)NC1CCC(C(=O)OCC)CC1. The molecule has 1 aliphatic rings. The van der Waals surface area contributed by atoms with Gasteiger partial charge < -0.3 is 20.5 Å². The largest absolute Gasteiger partial charge is 0.466 e. The molecule has 1 saturated carbocycles. The maximum Gasteiger partial charge on any atom is 0.308 e. The Hall–Kier alpha value is -1.30. The third kappa shape index (κ3) is 6.64. The van der Waals surface area contributed by atoms with Crippen molar-refractivity contribution in [2.75, 3.05) is 26.3 Å². The first-order valence-corrected chi connectivity index (χ1v) is 8.42. The summed E-state index contributed by atoms with van der Waals surface area (Å²) in [6.07, 6.45) is 3.62. The fourth-order valence-electron chi connectivity index (χ4n) is 2.55. The van der Waals surface area contributed by atoms with E-state index in [1.807, 2.05) is 20.8 Å². The second kappa shape index (κ2) is 10.4. The van der Waals surface area contributed by atoms with E-state index in [4.69, 9.17) is 9.84 Å². The number of hydrogen-bond donors (Lipinski definition) is 3. The number of ether oxygens (including phenoxy) is 1. The van der Waals surface area contributed by atoms with Crippen LogP contribution in [-0.2, 0) is 9.53 Å². The van der Waals surface area contributed by atoms with Gasteiger partial charge >= 0.3 is 5.97 Å². The molecule has 1 fully saturated rings. The third-order valence-electron chi connectivity index (χ3n) is 3.90. The molecule has 1 unspecified atom stereocenters. The number of carbonyl (C=O) groups excluding carboxylic acids is 1. The molecule has 128 valence electrons. The van der Waals surface area contributed by atoms with Crippen LogP contribution >= 0.6 is 0 Å². The molecular weight excluding hydrogens is 282 g/mol. The van der Waals surface area contributed by atoms with Crippen LogP contribution in [0.5, 0.6) is 0 Å². The van der Waals surface area contributed by atoms with E-state index in [9.17, 15) is 4.79 Å². The van der Waals surface area contributed by atoms with Crippen LogP contribution in [0.3, 0.4) is 0 Å². The Balaban J connectivity index is 2.43. The molecule has 6 nitrogen and oxygen atoms in total. The first kappa shape index (κ1) is 18.7. The highest BCUT2D eigenvalue weighted by Crippen LogP contribution is 2.25. The van der Waals surface area contributed by atoms with E-state index >= 15 is 0 Å². The number of nitrogens with one attached hydrogen (secondary N) is 2. The van der Waals surface area contributed by atoms with Gasteiger partial charge in [0.25, 0.3) is 0 Å². The van der Waals surface area contributed by atoms with E-state index < -0.39 is 0 Å². The molecule has 0 saturated heterocycles. The monoisotopic (exact) mass is 313 g/mol. The van der Waals surface area contributed by atoms with Gasteiger partial charge in [0.05, 0.1) is 12.5 Å². The zero-order valence-corrected chi connectivity index (χ0v) is 14.1. The summed E-state index contributed by atoms with van der Waals surface area (Å²) in [5.41, 5.74) is 0. The van der Waals surface area contributed by atoms with Crippen LogP contribution in [0.25, 0.3) is 0 Å². The second-order valence-electron chi connectivity index (χ2n) is 5.95. The van der Waals surface area contributed by atoms with Crippen LogP contribution in [0, 0.1) is 11.8 Å². The summed E-state index contributed by atoms with van der Waals surface area (Å²) >= 11 is 0. The number of esters is 1. The Bertz CT molecular complexity index is 353. The zero-order valence-electron chi connectivity index (χ0n) is 14.1. The van der Waals surface area contributed by atoms with Crippen molar-refractivity contribution in [2.45, 2.75) is 52.5 Å². The molecule has 0 spiro atoms. The Morgan fingerprint density at radius 2 is 2.00 bits per heavy atom. The molecule has 6 heteroatoms. The minimum Gasteiger partial charge on any atom is -0.466 e. The van der Waals surface area contributed by atoms with E-state index in [0.29, 0.717) is 19.2 Å². The predicted molar refractivity (Wildman–Crippen MR) is 87.7 cm³/mol. The summed E-state index contributed by atoms with van der Waals surface area (Å²) in [6.45, 7) is 7.85. The molecule has 0 heterocycles. The molecule has 0 aromatic carbocycles. The molecule has 1 aliphatic carbocycles. The van der Waals surface area contributed by atoms with Crippen LogP contribution in [0.2, 0.25) is 0 Å². The van der Waals surface area contributed by atoms with Crippen molar-refractivity contribution in [3.63, 3.8) is 0 Å². The van der Waals surface area contributed by atoms with Gasteiger partial charge in [-0.3, -0.25) is 9.79 Å². The van der Waals surface area contributed by atoms with Gasteiger partial charge in [-0.15, -0.1) is 0 Å². The van der Waals surface area contributed by atoms with Gasteiger partial charge in [0.1, 0.15) is 0 Å². The molecule has 0 radical (unpaired) electrons. The van der Waals surface area contributed by atoms with E-state index in [1.54, 1.807) is 0 Å². The number of nitrogens with zero attached hydrogens (tertiary/aromatic N) is 1. The molecule has 0 aromatic heterocycles. The van der Waals surface area contributed by atoms with Gasteiger partial charge in [0.2, 0.25) is 0 Å². The van der Waals surface area contributed by atoms with E-state index in [0.717, 1.165) is 38.2 Å². The minimum absolute atomic E-state index is 0.0481. The zero-order chi connectivity index (χ0) is 16.4. The van der Waals surface area contributed by atoms with Crippen molar-refractivity contribution in [1.29, 1.82) is 0 Å². The normalized spacial score (nSPS) is 23.7. The van der Waals surface area contributed by atoms with Crippen LogP contribution in [0.4, 0.5) is 0 Å². The number of hydrogen-bond acceptors (Lipinski definition) is 4. The summed E-state index contributed by atoms with van der Waals surface area (Å²) in [4.78, 5) is 16.2. The molecule has 22 heavy (non-hydrogen) atoms. The van der Waals surface area contributed by atoms with Crippen molar-refractivity contribution in [3.05, 3.63) is 0 Å². The Morgan fingerprint density at radius 3 is 2.55 bits per heavy atom. The Labute approximate surface area is 133 Å². The molecule has 1 atom stereocenters. The lowest BCUT2D eigenvalue weighted by Crippen LogP contribution is -2.45. The number of rotatable bonds is 7. The number of carbonyl (C=O) groups is 1. The fraction of sp³-hybridized carbons (Fsp3) is 0.875. The predicted octanol–water partition coefficient (Wildman–Crippen LogP) is 1.29. The average Bonchev–Trinajstić information content (AvgIpc) is 2.53. The minimum atomic E-state index is -0.0571. The first-order valence-electron chi connectivity index (χ1n) is 8.42. The molecule has 0 aliphatic heterocycles. The summed E-state index contributed by atoms with van der Waals surface area (Å²) in [7, 11) is 0. The maximum absolute atomic E-state index is 11.7. The standard InChI is InChI=1S/C16H31N3O3/c1-4-17-16(18-10-12(3)11-20)19-14-8-6-13(7-9-14)15(21)22-5-2/h12-14,20H,4-11H2,1-3H3,(H2,17,18,19). The number of aliphatic hydroxyl groups is 1. The molecule has 0 bridgehead atoms. The lowest BCUT2D eigenvalue weighted by molar-refractivity contribution is -0.149. The molecule has 0 amide bonds.